The Kier molecular flexibility index (Phi) is 7.53. The minimum Gasteiger partial charge on any atom is -0.456 e. The van der Waals surface area contributed by atoms with Crippen LogP contribution in [-0.4, -0.2) is 0 Å². The average molecular weight is 640 g/mol. The van der Waals surface area contributed by atoms with Gasteiger partial charge in [-0.25, -0.2) is 0 Å². The molecule has 0 amide bonds. The van der Waals surface area contributed by atoms with Gasteiger partial charge >= 0.3 is 0 Å². The second-order valence-corrected chi connectivity index (χ2v) is 12.6. The van der Waals surface area contributed by atoms with Gasteiger partial charge in [0, 0.05) is 28.0 Å². The highest BCUT2D eigenvalue weighted by Gasteiger charge is 2.16. The standard InChI is InChI=1S/C48H33NO/c1-2-11-34(12-3-1)39-16-8-18-43(31-39)49(44-19-9-17-40(32-44)48-33-41-14-5-7-22-47(41)50-48)42-29-27-36(28-30-42)35-23-25-38(26-24-35)46-21-10-15-37-13-4-6-20-45(37)46/h1-33H. The Morgan fingerprint density at radius 1 is 0.320 bits per heavy atom. The zero-order valence-electron chi connectivity index (χ0n) is 27.4. The van der Waals surface area contributed by atoms with Crippen molar-refractivity contribution in [2.45, 2.75) is 0 Å². The summed E-state index contributed by atoms with van der Waals surface area (Å²) in [5.41, 5.74) is 12.3. The molecule has 0 bridgehead atoms. The first-order valence-electron chi connectivity index (χ1n) is 17.0. The summed E-state index contributed by atoms with van der Waals surface area (Å²) in [7, 11) is 0. The van der Waals surface area contributed by atoms with E-state index in [1.807, 2.05) is 18.2 Å². The van der Waals surface area contributed by atoms with E-state index < -0.39 is 0 Å². The van der Waals surface area contributed by atoms with Crippen molar-refractivity contribution >= 4 is 38.8 Å². The molecular weight excluding hydrogens is 607 g/mol. The van der Waals surface area contributed by atoms with Gasteiger partial charge in [-0.05, 0) is 92.7 Å². The average Bonchev–Trinajstić information content (AvgIpc) is 3.64. The number of benzene rings is 8. The van der Waals surface area contributed by atoms with Crippen molar-refractivity contribution in [3.8, 4) is 44.7 Å². The lowest BCUT2D eigenvalue weighted by Gasteiger charge is -2.26. The van der Waals surface area contributed by atoms with Gasteiger partial charge in [0.05, 0.1) is 0 Å². The highest BCUT2D eigenvalue weighted by molar-refractivity contribution is 5.97. The first kappa shape index (κ1) is 29.5. The van der Waals surface area contributed by atoms with Gasteiger partial charge in [0.2, 0.25) is 0 Å². The number of hydrogen-bond donors (Lipinski definition) is 0. The second-order valence-electron chi connectivity index (χ2n) is 12.6. The molecule has 50 heavy (non-hydrogen) atoms. The van der Waals surface area contributed by atoms with Crippen molar-refractivity contribution in [3.05, 3.63) is 200 Å². The van der Waals surface area contributed by atoms with Gasteiger partial charge in [-0.3, -0.25) is 0 Å². The van der Waals surface area contributed by atoms with Crippen LogP contribution in [0.25, 0.3) is 66.4 Å². The molecule has 2 nitrogen and oxygen atoms in total. The van der Waals surface area contributed by atoms with Crippen LogP contribution in [0.2, 0.25) is 0 Å². The van der Waals surface area contributed by atoms with Gasteiger partial charge in [0.15, 0.2) is 0 Å². The van der Waals surface area contributed by atoms with Crippen molar-refractivity contribution in [3.63, 3.8) is 0 Å². The van der Waals surface area contributed by atoms with E-state index in [1.165, 1.54) is 44.2 Å². The molecule has 8 aromatic carbocycles. The van der Waals surface area contributed by atoms with Crippen LogP contribution in [-0.2, 0) is 0 Å². The minimum absolute atomic E-state index is 0.855. The summed E-state index contributed by atoms with van der Waals surface area (Å²) in [6.07, 6.45) is 0. The van der Waals surface area contributed by atoms with Gasteiger partial charge < -0.3 is 9.32 Å². The molecule has 1 aromatic heterocycles. The fraction of sp³-hybridized carbons (Fsp3) is 0. The Morgan fingerprint density at radius 2 is 0.860 bits per heavy atom. The lowest BCUT2D eigenvalue weighted by molar-refractivity contribution is 0.631. The Morgan fingerprint density at radius 3 is 1.62 bits per heavy atom. The SMILES string of the molecule is c1ccc(-c2cccc(N(c3ccc(-c4ccc(-c5cccc6ccccc56)cc4)cc3)c3cccc(-c4cc5ccccc5o4)c3)c2)cc1. The molecule has 2 heteroatoms. The highest BCUT2D eigenvalue weighted by atomic mass is 16.3. The van der Waals surface area contributed by atoms with E-state index in [-0.39, 0.29) is 0 Å². The third-order valence-corrected chi connectivity index (χ3v) is 9.47. The van der Waals surface area contributed by atoms with Crippen LogP contribution in [0.5, 0.6) is 0 Å². The van der Waals surface area contributed by atoms with E-state index in [4.69, 9.17) is 4.42 Å². The van der Waals surface area contributed by atoms with Crippen LogP contribution >= 0.6 is 0 Å². The monoisotopic (exact) mass is 639 g/mol. The summed E-state index contributed by atoms with van der Waals surface area (Å²) >= 11 is 0. The Balaban J connectivity index is 1.09. The van der Waals surface area contributed by atoms with Crippen LogP contribution in [0, 0.1) is 0 Å². The molecule has 9 aromatic rings. The molecule has 0 fully saturated rings. The van der Waals surface area contributed by atoms with E-state index >= 15 is 0 Å². The van der Waals surface area contributed by atoms with Crippen LogP contribution in [0.1, 0.15) is 0 Å². The lowest BCUT2D eigenvalue weighted by Crippen LogP contribution is -2.10. The molecule has 0 atom stereocenters. The van der Waals surface area contributed by atoms with Gasteiger partial charge in [0.25, 0.3) is 0 Å². The molecule has 0 radical (unpaired) electrons. The summed E-state index contributed by atoms with van der Waals surface area (Å²) in [6, 6.07) is 71.1. The molecule has 1 heterocycles. The van der Waals surface area contributed by atoms with Crippen LogP contribution < -0.4 is 4.90 Å². The Bertz CT molecular complexity index is 2540. The molecule has 9 rings (SSSR count). The number of fused-ring (bicyclic) bond motifs is 2. The van der Waals surface area contributed by atoms with Crippen molar-refractivity contribution in [1.82, 2.24) is 0 Å². The minimum atomic E-state index is 0.855. The predicted octanol–water partition coefficient (Wildman–Crippen LogP) is 13.7. The fourth-order valence-electron chi connectivity index (χ4n) is 6.95. The van der Waals surface area contributed by atoms with E-state index in [9.17, 15) is 0 Å². The van der Waals surface area contributed by atoms with Gasteiger partial charge in [0.1, 0.15) is 11.3 Å². The third kappa shape index (κ3) is 5.63. The Hall–Kier alpha value is -6.64. The third-order valence-electron chi connectivity index (χ3n) is 9.47. The summed E-state index contributed by atoms with van der Waals surface area (Å²) in [6.45, 7) is 0. The van der Waals surface area contributed by atoms with Crippen LogP contribution in [0.15, 0.2) is 205 Å². The van der Waals surface area contributed by atoms with Gasteiger partial charge in [-0.15, -0.1) is 0 Å². The zero-order chi connectivity index (χ0) is 33.3. The van der Waals surface area contributed by atoms with Gasteiger partial charge in [-0.1, -0.05) is 152 Å². The zero-order valence-corrected chi connectivity index (χ0v) is 27.4. The molecule has 0 spiro atoms. The number of anilines is 3. The number of nitrogens with zero attached hydrogens (tertiary/aromatic N) is 1. The molecule has 0 saturated carbocycles. The molecule has 236 valence electrons. The van der Waals surface area contributed by atoms with Crippen molar-refractivity contribution in [1.29, 1.82) is 0 Å². The molecular formula is C48H33NO. The first-order valence-corrected chi connectivity index (χ1v) is 17.0. The summed E-state index contributed by atoms with van der Waals surface area (Å²) in [4.78, 5) is 2.33. The van der Waals surface area contributed by atoms with Gasteiger partial charge in [-0.2, -0.15) is 0 Å². The molecule has 0 unspecified atom stereocenters. The van der Waals surface area contributed by atoms with E-state index in [0.29, 0.717) is 0 Å². The molecule has 0 saturated heterocycles. The largest absolute Gasteiger partial charge is 0.456 e. The number of rotatable bonds is 7. The van der Waals surface area contributed by atoms with Crippen LogP contribution in [0.3, 0.4) is 0 Å². The number of hydrogen-bond acceptors (Lipinski definition) is 2. The van der Waals surface area contributed by atoms with E-state index in [2.05, 4.69) is 187 Å². The summed E-state index contributed by atoms with van der Waals surface area (Å²) in [5, 5.41) is 3.63. The maximum absolute atomic E-state index is 6.28. The predicted molar refractivity (Wildman–Crippen MR) is 210 cm³/mol. The molecule has 0 aliphatic carbocycles. The molecule has 0 aliphatic rings. The second kappa shape index (κ2) is 12.8. The van der Waals surface area contributed by atoms with Crippen molar-refractivity contribution in [2.24, 2.45) is 0 Å². The fourth-order valence-corrected chi connectivity index (χ4v) is 6.95. The Labute approximate surface area is 292 Å². The van der Waals surface area contributed by atoms with Crippen LogP contribution in [0.4, 0.5) is 17.1 Å². The molecule has 0 N–H and O–H groups in total. The van der Waals surface area contributed by atoms with Crippen molar-refractivity contribution in [2.75, 3.05) is 4.90 Å². The molecule has 0 aliphatic heterocycles. The number of para-hydroxylation sites is 1. The lowest BCUT2D eigenvalue weighted by atomic mass is 9.96. The maximum atomic E-state index is 6.28. The van der Waals surface area contributed by atoms with E-state index in [1.54, 1.807) is 0 Å². The number of furan rings is 1. The quantitative estimate of drug-likeness (QED) is 0.173. The normalized spacial score (nSPS) is 11.2. The van der Waals surface area contributed by atoms with Crippen molar-refractivity contribution < 1.29 is 4.42 Å². The topological polar surface area (TPSA) is 16.4 Å². The smallest absolute Gasteiger partial charge is 0.135 e. The first-order chi connectivity index (χ1) is 24.8. The summed E-state index contributed by atoms with van der Waals surface area (Å²) in [5.74, 6) is 0.855. The highest BCUT2D eigenvalue weighted by Crippen LogP contribution is 2.40. The maximum Gasteiger partial charge on any atom is 0.135 e. The van der Waals surface area contributed by atoms with E-state index in [0.717, 1.165) is 39.4 Å². The summed E-state index contributed by atoms with van der Waals surface area (Å²) < 4.78 is 6.28.